The molecule has 4 aliphatic carbocycles. The van der Waals surface area contributed by atoms with E-state index < -0.39 is 5.60 Å². The Morgan fingerprint density at radius 1 is 1.21 bits per heavy atom. The average Bonchev–Trinajstić information content (AvgIpc) is 3.00. The van der Waals surface area contributed by atoms with E-state index in [1.165, 1.54) is 31.3 Å². The maximum atomic E-state index is 12.1. The van der Waals surface area contributed by atoms with Gasteiger partial charge >= 0.3 is 0 Å². The quantitative estimate of drug-likeness (QED) is 0.558. The van der Waals surface area contributed by atoms with Crippen LogP contribution in [0.15, 0.2) is 35.5 Å². The van der Waals surface area contributed by atoms with Gasteiger partial charge in [0.1, 0.15) is 0 Å². The summed E-state index contributed by atoms with van der Waals surface area (Å²) in [6.07, 6.45) is 17.1. The predicted molar refractivity (Wildman–Crippen MR) is 119 cm³/mol. The minimum atomic E-state index is -0.714. The minimum Gasteiger partial charge on any atom is -0.385 e. The Morgan fingerprint density at radius 2 is 1.97 bits per heavy atom. The molecule has 2 unspecified atom stereocenters. The van der Waals surface area contributed by atoms with Gasteiger partial charge in [0.2, 0.25) is 0 Å². The van der Waals surface area contributed by atoms with Crippen LogP contribution in [-0.4, -0.2) is 16.5 Å². The third-order valence-electron chi connectivity index (χ3n) is 9.52. The van der Waals surface area contributed by atoms with Crippen molar-refractivity contribution >= 4 is 5.78 Å². The summed E-state index contributed by atoms with van der Waals surface area (Å²) in [5, 5.41) is 12.1. The van der Waals surface area contributed by atoms with Gasteiger partial charge in [0.25, 0.3) is 0 Å². The average molecular weight is 397 g/mol. The van der Waals surface area contributed by atoms with E-state index in [0.29, 0.717) is 24.2 Å². The molecule has 2 fully saturated rings. The van der Waals surface area contributed by atoms with E-state index in [9.17, 15) is 9.90 Å². The van der Waals surface area contributed by atoms with Gasteiger partial charge in [-0.15, -0.1) is 0 Å². The lowest BCUT2D eigenvalue weighted by molar-refractivity contribution is -0.150. The van der Waals surface area contributed by atoms with Crippen LogP contribution in [0, 0.1) is 34.5 Å². The number of hydrogen-bond acceptors (Lipinski definition) is 2. The number of hydrogen-bond donors (Lipinski definition) is 1. The molecular formula is C27H40O2. The maximum absolute atomic E-state index is 12.1. The molecule has 2 heteroatoms. The van der Waals surface area contributed by atoms with Crippen molar-refractivity contribution in [2.45, 2.75) is 91.6 Å². The molecular weight excluding hydrogens is 356 g/mol. The summed E-state index contributed by atoms with van der Waals surface area (Å²) in [6, 6.07) is 0. The summed E-state index contributed by atoms with van der Waals surface area (Å²) in [7, 11) is 0. The van der Waals surface area contributed by atoms with Crippen molar-refractivity contribution in [2.75, 3.05) is 0 Å². The lowest BCUT2D eigenvalue weighted by Crippen LogP contribution is -2.60. The zero-order valence-electron chi connectivity index (χ0n) is 19.1. The third-order valence-corrected chi connectivity index (χ3v) is 9.52. The van der Waals surface area contributed by atoms with Crippen LogP contribution in [0.4, 0.5) is 0 Å². The van der Waals surface area contributed by atoms with E-state index in [-0.39, 0.29) is 22.5 Å². The Hall–Kier alpha value is -1.15. The number of aliphatic hydroxyl groups is 1. The Balaban J connectivity index is 1.61. The summed E-state index contributed by atoms with van der Waals surface area (Å²) >= 11 is 0. The number of ketones is 1. The fourth-order valence-electron chi connectivity index (χ4n) is 7.92. The molecule has 0 spiro atoms. The van der Waals surface area contributed by atoms with Crippen LogP contribution in [0.2, 0.25) is 0 Å². The standard InChI is InChI=1S/C27H40O2/c1-18(2)7-6-8-19(3)22-9-10-23-26(22,5)15-13-24-25(4)14-12-21(28)17-20(25)11-16-27(23,24)29/h7,11,16-17,19,22-24,29H,6,8-10,12-15H2,1-5H3/t19-,22-,23?,24?,25+,26-,27-/m1/s1. The topological polar surface area (TPSA) is 37.3 Å². The fourth-order valence-corrected chi connectivity index (χ4v) is 7.92. The van der Waals surface area contributed by atoms with Crippen LogP contribution < -0.4 is 0 Å². The van der Waals surface area contributed by atoms with Gasteiger partial charge in [0, 0.05) is 12.3 Å². The first-order valence-corrected chi connectivity index (χ1v) is 11.9. The van der Waals surface area contributed by atoms with Gasteiger partial charge in [-0.3, -0.25) is 4.79 Å². The first-order chi connectivity index (χ1) is 13.6. The van der Waals surface area contributed by atoms with E-state index in [0.717, 1.165) is 24.8 Å². The first kappa shape index (κ1) is 21.1. The second-order valence-corrected chi connectivity index (χ2v) is 11.4. The molecule has 4 rings (SSSR count). The van der Waals surface area contributed by atoms with Crippen molar-refractivity contribution in [3.8, 4) is 0 Å². The van der Waals surface area contributed by atoms with Gasteiger partial charge < -0.3 is 5.11 Å². The Kier molecular flexibility index (Phi) is 5.25. The van der Waals surface area contributed by atoms with Crippen LogP contribution in [0.1, 0.15) is 86.0 Å². The van der Waals surface area contributed by atoms with Crippen molar-refractivity contribution in [2.24, 2.45) is 34.5 Å². The van der Waals surface area contributed by atoms with Gasteiger partial charge in [-0.1, -0.05) is 44.6 Å². The van der Waals surface area contributed by atoms with Crippen molar-refractivity contribution in [1.29, 1.82) is 0 Å². The number of carbonyl (C=O) groups excluding carboxylic acids is 1. The predicted octanol–water partition coefficient (Wildman–Crippen LogP) is 6.41. The van der Waals surface area contributed by atoms with Crippen LogP contribution in [0.25, 0.3) is 0 Å². The summed E-state index contributed by atoms with van der Waals surface area (Å²) in [4.78, 5) is 12.0. The first-order valence-electron chi connectivity index (χ1n) is 11.9. The lowest BCUT2D eigenvalue weighted by atomic mass is 9.46. The molecule has 2 saturated carbocycles. The molecule has 0 saturated heterocycles. The Labute approximate surface area is 177 Å². The Bertz CT molecular complexity index is 769. The molecule has 0 aromatic heterocycles. The van der Waals surface area contributed by atoms with Crippen LogP contribution in [-0.2, 0) is 4.79 Å². The van der Waals surface area contributed by atoms with E-state index in [1.807, 2.05) is 6.08 Å². The zero-order chi connectivity index (χ0) is 21.0. The highest BCUT2D eigenvalue weighted by molar-refractivity contribution is 5.92. The van der Waals surface area contributed by atoms with Crippen molar-refractivity contribution in [3.05, 3.63) is 35.5 Å². The fraction of sp³-hybridized carbons (Fsp3) is 0.741. The van der Waals surface area contributed by atoms with Gasteiger partial charge in [-0.05, 0) is 99.0 Å². The molecule has 0 heterocycles. The molecule has 0 aromatic rings. The van der Waals surface area contributed by atoms with Crippen molar-refractivity contribution < 1.29 is 9.90 Å². The summed E-state index contributed by atoms with van der Waals surface area (Å²) < 4.78 is 0. The molecule has 7 atom stereocenters. The van der Waals surface area contributed by atoms with Gasteiger partial charge in [-0.2, -0.15) is 0 Å². The molecule has 4 aliphatic rings. The Morgan fingerprint density at radius 3 is 2.69 bits per heavy atom. The highest BCUT2D eigenvalue weighted by Gasteiger charge is 2.64. The largest absolute Gasteiger partial charge is 0.385 e. The number of carbonyl (C=O) groups is 1. The number of allylic oxidation sites excluding steroid dienone is 5. The van der Waals surface area contributed by atoms with Crippen LogP contribution >= 0.6 is 0 Å². The molecule has 1 N–H and O–H groups in total. The summed E-state index contributed by atoms with van der Waals surface area (Å²) in [5.74, 6) is 2.24. The van der Waals surface area contributed by atoms with Crippen LogP contribution in [0.3, 0.4) is 0 Å². The molecule has 2 nitrogen and oxygen atoms in total. The zero-order valence-corrected chi connectivity index (χ0v) is 19.1. The molecule has 0 radical (unpaired) electrons. The molecule has 160 valence electrons. The second-order valence-electron chi connectivity index (χ2n) is 11.4. The molecule has 0 amide bonds. The summed E-state index contributed by atoms with van der Waals surface area (Å²) in [6.45, 7) is 11.6. The maximum Gasteiger partial charge on any atom is 0.156 e. The molecule has 0 bridgehead atoms. The monoisotopic (exact) mass is 396 g/mol. The van der Waals surface area contributed by atoms with Gasteiger partial charge in [-0.25, -0.2) is 0 Å². The molecule has 0 aliphatic heterocycles. The van der Waals surface area contributed by atoms with Crippen molar-refractivity contribution in [1.82, 2.24) is 0 Å². The van der Waals surface area contributed by atoms with E-state index >= 15 is 0 Å². The van der Waals surface area contributed by atoms with E-state index in [4.69, 9.17) is 0 Å². The number of rotatable bonds is 4. The second kappa shape index (κ2) is 7.22. The molecule has 29 heavy (non-hydrogen) atoms. The highest BCUT2D eigenvalue weighted by Crippen LogP contribution is 2.67. The third kappa shape index (κ3) is 3.21. The minimum absolute atomic E-state index is 0.0497. The van der Waals surface area contributed by atoms with Crippen molar-refractivity contribution in [3.63, 3.8) is 0 Å². The normalized spacial score (nSPS) is 44.4. The van der Waals surface area contributed by atoms with Crippen LogP contribution in [0.5, 0.6) is 0 Å². The summed E-state index contributed by atoms with van der Waals surface area (Å²) in [5.41, 5.74) is 2.04. The van der Waals surface area contributed by atoms with E-state index in [1.54, 1.807) is 0 Å². The highest BCUT2D eigenvalue weighted by atomic mass is 16.3. The smallest absolute Gasteiger partial charge is 0.156 e. The number of fused-ring (bicyclic) bond motifs is 5. The lowest BCUT2D eigenvalue weighted by Gasteiger charge is -2.60. The van der Waals surface area contributed by atoms with E-state index in [2.05, 4.69) is 52.8 Å². The SMILES string of the molecule is CC(C)=CCC[C@@H](C)[C@H]1CCC2[C@]3(O)C=CC4=CC(=O)CC[C@]4(C)C3CC[C@@]21C. The van der Waals surface area contributed by atoms with Gasteiger partial charge in [0.15, 0.2) is 5.78 Å². The molecule has 0 aromatic carbocycles. The van der Waals surface area contributed by atoms with Gasteiger partial charge in [0.05, 0.1) is 5.60 Å².